The molecular formula is C38H60FN5O9S. The Kier molecular flexibility index (Phi) is 17.9. The van der Waals surface area contributed by atoms with Gasteiger partial charge in [0.05, 0.1) is 11.3 Å². The minimum Gasteiger partial charge on any atom is -0.465 e. The lowest BCUT2D eigenvalue weighted by Crippen LogP contribution is -2.41. The molecule has 2 heterocycles. The Morgan fingerprint density at radius 3 is 2.31 bits per heavy atom. The van der Waals surface area contributed by atoms with E-state index in [1.807, 2.05) is 27.7 Å². The number of unbranched alkanes of at least 4 members (excludes halogenated alkanes) is 3. The topological polar surface area (TPSA) is 192 Å². The van der Waals surface area contributed by atoms with Crippen LogP contribution in [0.1, 0.15) is 110 Å². The fourth-order valence-electron chi connectivity index (χ4n) is 5.63. The van der Waals surface area contributed by atoms with E-state index < -0.39 is 20.9 Å². The van der Waals surface area contributed by atoms with Crippen molar-refractivity contribution in [2.24, 2.45) is 11.8 Å². The molecule has 16 heteroatoms. The first-order chi connectivity index (χ1) is 25.3. The zero-order valence-corrected chi connectivity index (χ0v) is 33.6. The molecule has 2 saturated carbocycles. The first-order valence-corrected chi connectivity index (χ1v) is 20.2. The lowest BCUT2D eigenvalue weighted by molar-refractivity contribution is -0.130. The molecule has 5 rings (SSSR count). The second-order valence-corrected chi connectivity index (χ2v) is 17.2. The summed E-state index contributed by atoms with van der Waals surface area (Å²) in [7, 11) is -1.88. The summed E-state index contributed by atoms with van der Waals surface area (Å²) in [4.78, 5) is 57.4. The van der Waals surface area contributed by atoms with Crippen molar-refractivity contribution >= 4 is 40.4 Å². The monoisotopic (exact) mass is 781 g/mol. The second-order valence-electron chi connectivity index (χ2n) is 15.0. The lowest BCUT2D eigenvalue weighted by Gasteiger charge is -2.19. The third kappa shape index (κ3) is 14.9. The number of sulfonamides is 1. The van der Waals surface area contributed by atoms with Gasteiger partial charge in [-0.3, -0.25) is 24.0 Å². The van der Waals surface area contributed by atoms with E-state index in [0.717, 1.165) is 37.7 Å². The van der Waals surface area contributed by atoms with E-state index >= 15 is 0 Å². The highest BCUT2D eigenvalue weighted by molar-refractivity contribution is 7.91. The zero-order valence-electron chi connectivity index (χ0n) is 32.8. The first-order valence-electron chi connectivity index (χ1n) is 18.7. The molecule has 2 aliphatic heterocycles. The van der Waals surface area contributed by atoms with Crippen LogP contribution in [0.2, 0.25) is 0 Å². The van der Waals surface area contributed by atoms with Crippen molar-refractivity contribution in [2.45, 2.75) is 129 Å². The predicted octanol–water partition coefficient (Wildman–Crippen LogP) is 5.46. The number of carbonyl (C=O) groups is 5. The highest BCUT2D eigenvalue weighted by atomic mass is 32.2. The predicted molar refractivity (Wildman–Crippen MR) is 203 cm³/mol. The van der Waals surface area contributed by atoms with E-state index in [9.17, 15) is 36.8 Å². The molecule has 0 aromatic heterocycles. The summed E-state index contributed by atoms with van der Waals surface area (Å²) in [6.07, 6.45) is 12.1. The van der Waals surface area contributed by atoms with Gasteiger partial charge in [0, 0.05) is 38.2 Å². The lowest BCUT2D eigenvalue weighted by atomic mass is 10.1. The van der Waals surface area contributed by atoms with E-state index in [-0.39, 0.29) is 53.7 Å². The Bertz CT molecular complexity index is 1580. The molecule has 2 aliphatic carbocycles. The van der Waals surface area contributed by atoms with Crippen LogP contribution >= 0.6 is 0 Å². The van der Waals surface area contributed by atoms with E-state index in [0.29, 0.717) is 38.0 Å². The number of allylic oxidation sites excluding steroid dienone is 2. The van der Waals surface area contributed by atoms with E-state index in [2.05, 4.69) is 34.4 Å². The summed E-state index contributed by atoms with van der Waals surface area (Å²) in [6.45, 7) is 13.0. The normalized spacial score (nSPS) is 20.4. The van der Waals surface area contributed by atoms with Crippen LogP contribution in [0.25, 0.3) is 0 Å². The summed E-state index contributed by atoms with van der Waals surface area (Å²) in [5.74, 6) is -0.606. The Labute approximate surface area is 319 Å². The molecule has 1 unspecified atom stereocenters. The summed E-state index contributed by atoms with van der Waals surface area (Å²) in [5.41, 5.74) is 0.881. The second kappa shape index (κ2) is 21.0. The number of hydrogen-bond donors (Lipinski definition) is 4. The van der Waals surface area contributed by atoms with Crippen molar-refractivity contribution in [3.63, 3.8) is 0 Å². The minimum absolute atomic E-state index is 0.0606. The van der Waals surface area contributed by atoms with Gasteiger partial charge in [-0.15, -0.1) is 0 Å². The van der Waals surface area contributed by atoms with Crippen molar-refractivity contribution in [3.05, 3.63) is 47.3 Å². The highest BCUT2D eigenvalue weighted by Gasteiger charge is 2.52. The number of amides is 5. The van der Waals surface area contributed by atoms with Crippen molar-refractivity contribution in [2.75, 3.05) is 20.1 Å². The Morgan fingerprint density at radius 2 is 1.78 bits per heavy atom. The standard InChI is InChI=1S/C15H25NO3S.C9H8FNO2.C7H12N2O2.C7H15NO2/c1-3-4-5-6-7-8-12-11-13(12)14(17)16-20(18,19)15(2)9-10-15;10-8-3-1-2-6-4-11(9(12)13)5-7(6)8;1-8-7(11)6-3-2-4-9(6)5-10;1-5-8-6(9)10-7(2,3)4/h7-8,12-13H,3-6,9-11H2,1-2H3,(H,16,17);1-3H,4-5H2,(H,12,13);5-6H,2-4H2,1H3,(H,8,11);5H2,1-4H3,(H,8,9)/b8-7-;;;/t12-,13?;;6-;/m1.0./s1. The molecule has 4 aliphatic rings. The van der Waals surface area contributed by atoms with Crippen molar-refractivity contribution in [3.8, 4) is 0 Å². The van der Waals surface area contributed by atoms with Crippen molar-refractivity contribution in [1.29, 1.82) is 0 Å². The fourth-order valence-corrected chi connectivity index (χ4v) is 6.93. The molecule has 4 N–H and O–H groups in total. The number of hydrogen-bond acceptors (Lipinski definition) is 8. The van der Waals surface area contributed by atoms with Crippen LogP contribution in [0, 0.1) is 17.7 Å². The number of carboxylic acid groups (broad SMARTS) is 1. The minimum atomic E-state index is -3.47. The maximum Gasteiger partial charge on any atom is 0.407 e. The fraction of sp³-hybridized carbons (Fsp3) is 0.658. The number of carbonyl (C=O) groups excluding carboxylic acids is 4. The van der Waals surface area contributed by atoms with Gasteiger partial charge in [-0.25, -0.2) is 22.4 Å². The number of nitrogens with one attached hydrogen (secondary N) is 3. The summed E-state index contributed by atoms with van der Waals surface area (Å²) in [6, 6.07) is 4.47. The van der Waals surface area contributed by atoms with E-state index in [1.165, 1.54) is 30.2 Å². The number of likely N-dealkylation sites (tertiary alicyclic amines) is 1. The van der Waals surface area contributed by atoms with Crippen molar-refractivity contribution in [1.82, 2.24) is 25.2 Å². The molecule has 5 amide bonds. The summed E-state index contributed by atoms with van der Waals surface area (Å²) in [5, 5.41) is 13.8. The quantitative estimate of drug-likeness (QED) is 0.128. The van der Waals surface area contributed by atoms with Gasteiger partial charge in [-0.2, -0.15) is 0 Å². The first kappa shape index (κ1) is 45.9. The molecule has 304 valence electrons. The third-order valence-electron chi connectivity index (χ3n) is 9.27. The summed E-state index contributed by atoms with van der Waals surface area (Å²) < 4.78 is 43.5. The largest absolute Gasteiger partial charge is 0.465 e. The third-order valence-corrected chi connectivity index (χ3v) is 11.4. The molecule has 54 heavy (non-hydrogen) atoms. The molecule has 3 atom stereocenters. The maximum atomic E-state index is 13.1. The zero-order chi connectivity index (χ0) is 40.7. The van der Waals surface area contributed by atoms with Crippen LogP contribution in [0.5, 0.6) is 0 Å². The highest BCUT2D eigenvalue weighted by Crippen LogP contribution is 2.44. The van der Waals surface area contributed by atoms with Gasteiger partial charge in [-0.1, -0.05) is 44.1 Å². The Hall–Kier alpha value is -4.21. The Morgan fingerprint density at radius 1 is 1.09 bits per heavy atom. The van der Waals surface area contributed by atoms with E-state index in [1.54, 1.807) is 31.0 Å². The molecule has 14 nitrogen and oxygen atoms in total. The number of ether oxygens (including phenoxy) is 1. The number of halogens is 1. The smallest absolute Gasteiger partial charge is 0.407 e. The molecule has 0 spiro atoms. The molecule has 0 radical (unpaired) electrons. The van der Waals surface area contributed by atoms with Crippen LogP contribution < -0.4 is 15.4 Å². The van der Waals surface area contributed by atoms with Crippen LogP contribution in [0.4, 0.5) is 14.0 Å². The average molecular weight is 782 g/mol. The number of benzene rings is 1. The molecule has 0 bridgehead atoms. The number of fused-ring (bicyclic) bond motifs is 1. The van der Waals surface area contributed by atoms with Crippen LogP contribution in [0.15, 0.2) is 30.4 Å². The molecule has 1 saturated heterocycles. The van der Waals surface area contributed by atoms with Gasteiger partial charge in [0.1, 0.15) is 17.5 Å². The van der Waals surface area contributed by atoms with Gasteiger partial charge < -0.3 is 25.4 Å². The number of nitrogens with zero attached hydrogens (tertiary/aromatic N) is 2. The molecule has 1 aromatic carbocycles. The Balaban J connectivity index is 0.000000260. The van der Waals surface area contributed by atoms with Gasteiger partial charge >= 0.3 is 12.2 Å². The van der Waals surface area contributed by atoms with Gasteiger partial charge in [-0.05, 0) is 97.1 Å². The van der Waals surface area contributed by atoms with E-state index in [4.69, 9.17) is 9.84 Å². The maximum absolute atomic E-state index is 13.1. The van der Waals surface area contributed by atoms with Gasteiger partial charge in [0.15, 0.2) is 0 Å². The van der Waals surface area contributed by atoms with Crippen LogP contribution in [-0.4, -0.2) is 90.3 Å². The number of rotatable bonds is 11. The number of likely N-dealkylation sites (N-methyl/N-ethyl adjacent to an activating group) is 1. The molecular weight excluding hydrogens is 722 g/mol. The summed E-state index contributed by atoms with van der Waals surface area (Å²) >= 11 is 0. The van der Waals surface area contributed by atoms with Gasteiger partial charge in [0.25, 0.3) is 0 Å². The van der Waals surface area contributed by atoms with Gasteiger partial charge in [0.2, 0.25) is 28.2 Å². The average Bonchev–Trinajstić information content (AvgIpc) is 3.93. The SMILES string of the molecule is CCCCC/C=C\[C@@H]1CC1C(=O)NS(=O)(=O)C1(C)CC1.CCNC(=O)OC(C)(C)C.CNC(=O)[C@@H]1CCCN1C=O.O=C(O)N1Cc2cccc(F)c2C1. The molecule has 3 fully saturated rings. The van der Waals surface area contributed by atoms with Crippen LogP contribution in [0.3, 0.4) is 0 Å². The van der Waals surface area contributed by atoms with Crippen LogP contribution in [-0.2, 0) is 42.2 Å². The molecule has 1 aromatic rings. The number of alkyl carbamates (subject to hydrolysis) is 1. The van der Waals surface area contributed by atoms with Crippen molar-refractivity contribution < 1.29 is 46.6 Å².